The lowest BCUT2D eigenvalue weighted by Gasteiger charge is -2.23. The van der Waals surface area contributed by atoms with Crippen molar-refractivity contribution < 1.29 is 4.39 Å². The van der Waals surface area contributed by atoms with Crippen molar-refractivity contribution in [2.75, 3.05) is 11.4 Å². The van der Waals surface area contributed by atoms with Crippen LogP contribution in [0.5, 0.6) is 0 Å². The van der Waals surface area contributed by atoms with Crippen LogP contribution in [0.3, 0.4) is 0 Å². The molecule has 1 heterocycles. The number of hydrogen-bond donors (Lipinski definition) is 1. The van der Waals surface area contributed by atoms with E-state index in [1.807, 2.05) is 26.0 Å². The van der Waals surface area contributed by atoms with E-state index in [2.05, 4.69) is 9.88 Å². The zero-order chi connectivity index (χ0) is 13.8. The minimum absolute atomic E-state index is 0.0741. The largest absolute Gasteiger partial charge is 0.341 e. The van der Waals surface area contributed by atoms with Crippen LogP contribution in [0.4, 0.5) is 15.8 Å². The molecule has 0 radical (unpaired) electrons. The van der Waals surface area contributed by atoms with Crippen LogP contribution < -0.4 is 10.6 Å². The van der Waals surface area contributed by atoms with Crippen LogP contribution in [0, 0.1) is 5.82 Å². The molecule has 0 aliphatic heterocycles. The number of aromatic nitrogens is 1. The van der Waals surface area contributed by atoms with Gasteiger partial charge in [0.05, 0.1) is 17.6 Å². The number of benzene rings is 1. The van der Waals surface area contributed by atoms with E-state index < -0.39 is 0 Å². The van der Waals surface area contributed by atoms with E-state index in [0.717, 1.165) is 23.6 Å². The summed E-state index contributed by atoms with van der Waals surface area (Å²) in [5, 5.41) is 0. The van der Waals surface area contributed by atoms with Crippen LogP contribution >= 0.6 is 0 Å². The number of rotatable bonds is 4. The van der Waals surface area contributed by atoms with Gasteiger partial charge in [-0.25, -0.2) is 4.39 Å². The highest BCUT2D eigenvalue weighted by Crippen LogP contribution is 2.25. The summed E-state index contributed by atoms with van der Waals surface area (Å²) in [6, 6.07) is 10.3. The molecular formula is C15H18FN3. The first-order valence-electron chi connectivity index (χ1n) is 6.36. The average Bonchev–Trinajstić information content (AvgIpc) is 2.42. The van der Waals surface area contributed by atoms with Crippen molar-refractivity contribution in [3.05, 3.63) is 54.1 Å². The van der Waals surface area contributed by atoms with Gasteiger partial charge >= 0.3 is 0 Å². The predicted molar refractivity (Wildman–Crippen MR) is 75.9 cm³/mol. The second-order valence-electron chi connectivity index (χ2n) is 4.45. The van der Waals surface area contributed by atoms with Gasteiger partial charge in [-0.3, -0.25) is 4.98 Å². The molecule has 2 N–H and O–H groups in total. The van der Waals surface area contributed by atoms with E-state index >= 15 is 0 Å². The zero-order valence-corrected chi connectivity index (χ0v) is 11.2. The van der Waals surface area contributed by atoms with Crippen LogP contribution in [-0.2, 0) is 0 Å². The van der Waals surface area contributed by atoms with Crippen LogP contribution in [0.2, 0.25) is 0 Å². The standard InChI is InChI=1S/C15H18FN3/c1-3-19(13-6-4-12(16)5-7-13)14-8-9-15(11(2)17)18-10-14/h4-11H,3,17H2,1-2H3/t11-/m0/s1. The third-order valence-corrected chi connectivity index (χ3v) is 3.00. The van der Waals surface area contributed by atoms with Gasteiger partial charge in [-0.2, -0.15) is 0 Å². The quantitative estimate of drug-likeness (QED) is 0.915. The normalized spacial score (nSPS) is 12.2. The molecule has 2 aromatic rings. The Hall–Kier alpha value is -1.94. The Morgan fingerprint density at radius 2 is 1.79 bits per heavy atom. The molecule has 1 aromatic carbocycles. The fourth-order valence-corrected chi connectivity index (χ4v) is 1.96. The van der Waals surface area contributed by atoms with Gasteiger partial charge in [-0.05, 0) is 50.2 Å². The van der Waals surface area contributed by atoms with Crippen LogP contribution in [-0.4, -0.2) is 11.5 Å². The van der Waals surface area contributed by atoms with E-state index in [1.165, 1.54) is 12.1 Å². The molecular weight excluding hydrogens is 241 g/mol. The number of nitrogens with zero attached hydrogens (tertiary/aromatic N) is 2. The van der Waals surface area contributed by atoms with Crippen molar-refractivity contribution in [2.24, 2.45) is 5.73 Å². The molecule has 0 saturated carbocycles. The van der Waals surface area contributed by atoms with E-state index in [1.54, 1.807) is 18.3 Å². The van der Waals surface area contributed by atoms with Gasteiger partial charge in [0, 0.05) is 18.3 Å². The monoisotopic (exact) mass is 259 g/mol. The maximum Gasteiger partial charge on any atom is 0.123 e. The molecule has 0 saturated heterocycles. The lowest BCUT2D eigenvalue weighted by Crippen LogP contribution is -2.16. The first-order valence-corrected chi connectivity index (χ1v) is 6.36. The third kappa shape index (κ3) is 3.09. The van der Waals surface area contributed by atoms with E-state index in [9.17, 15) is 4.39 Å². The summed E-state index contributed by atoms with van der Waals surface area (Å²) in [4.78, 5) is 6.42. The summed E-state index contributed by atoms with van der Waals surface area (Å²) in [6.45, 7) is 4.73. The fourth-order valence-electron chi connectivity index (χ4n) is 1.96. The van der Waals surface area contributed by atoms with Gasteiger partial charge in [-0.1, -0.05) is 0 Å². The van der Waals surface area contributed by atoms with E-state index in [-0.39, 0.29) is 11.9 Å². The molecule has 0 fully saturated rings. The second-order valence-corrected chi connectivity index (χ2v) is 4.45. The number of nitrogens with two attached hydrogens (primary N) is 1. The van der Waals surface area contributed by atoms with E-state index in [4.69, 9.17) is 5.73 Å². The molecule has 100 valence electrons. The predicted octanol–water partition coefficient (Wildman–Crippen LogP) is 3.40. The highest BCUT2D eigenvalue weighted by molar-refractivity contribution is 5.62. The number of pyridine rings is 1. The zero-order valence-electron chi connectivity index (χ0n) is 11.2. The van der Waals surface area contributed by atoms with E-state index in [0.29, 0.717) is 0 Å². The maximum atomic E-state index is 13.0. The Bertz CT molecular complexity index is 520. The Balaban J connectivity index is 2.28. The summed E-state index contributed by atoms with van der Waals surface area (Å²) >= 11 is 0. The lowest BCUT2D eigenvalue weighted by atomic mass is 10.2. The van der Waals surface area contributed by atoms with Crippen molar-refractivity contribution in [1.82, 2.24) is 4.98 Å². The minimum Gasteiger partial charge on any atom is -0.341 e. The highest BCUT2D eigenvalue weighted by atomic mass is 19.1. The molecule has 0 aliphatic carbocycles. The SMILES string of the molecule is CCN(c1ccc(F)cc1)c1ccc([C@H](C)N)nc1. The van der Waals surface area contributed by atoms with Crippen molar-refractivity contribution in [3.63, 3.8) is 0 Å². The van der Waals surface area contributed by atoms with Crippen LogP contribution in [0.1, 0.15) is 25.6 Å². The number of hydrogen-bond acceptors (Lipinski definition) is 3. The van der Waals surface area contributed by atoms with Crippen LogP contribution in [0.25, 0.3) is 0 Å². The molecule has 4 heteroatoms. The molecule has 0 amide bonds. The molecule has 2 rings (SSSR count). The lowest BCUT2D eigenvalue weighted by molar-refractivity contribution is 0.628. The third-order valence-electron chi connectivity index (χ3n) is 3.00. The molecule has 1 atom stereocenters. The minimum atomic E-state index is -0.231. The smallest absolute Gasteiger partial charge is 0.123 e. The van der Waals surface area contributed by atoms with Crippen molar-refractivity contribution in [1.29, 1.82) is 0 Å². The average molecular weight is 259 g/mol. The summed E-state index contributed by atoms with van der Waals surface area (Å²) < 4.78 is 13.0. The molecule has 19 heavy (non-hydrogen) atoms. The Morgan fingerprint density at radius 3 is 2.26 bits per heavy atom. The molecule has 0 aliphatic rings. The Kier molecular flexibility index (Phi) is 4.12. The second kappa shape index (κ2) is 5.80. The van der Waals surface area contributed by atoms with Crippen molar-refractivity contribution >= 4 is 11.4 Å². The molecule has 0 spiro atoms. The van der Waals surface area contributed by atoms with Gasteiger partial charge in [0.25, 0.3) is 0 Å². The molecule has 0 unspecified atom stereocenters. The van der Waals surface area contributed by atoms with Crippen molar-refractivity contribution in [2.45, 2.75) is 19.9 Å². The molecule has 1 aromatic heterocycles. The maximum absolute atomic E-state index is 13.0. The number of halogens is 1. The number of anilines is 2. The molecule has 0 bridgehead atoms. The van der Waals surface area contributed by atoms with Crippen LogP contribution in [0.15, 0.2) is 42.6 Å². The fraction of sp³-hybridized carbons (Fsp3) is 0.267. The van der Waals surface area contributed by atoms with Gasteiger partial charge in [0.2, 0.25) is 0 Å². The Morgan fingerprint density at radius 1 is 1.16 bits per heavy atom. The van der Waals surface area contributed by atoms with Gasteiger partial charge in [0.15, 0.2) is 0 Å². The summed E-state index contributed by atoms with van der Waals surface area (Å²) in [5.41, 5.74) is 8.56. The van der Waals surface area contributed by atoms with Gasteiger partial charge in [0.1, 0.15) is 5.82 Å². The van der Waals surface area contributed by atoms with Gasteiger partial charge in [-0.15, -0.1) is 0 Å². The topological polar surface area (TPSA) is 42.1 Å². The first kappa shape index (κ1) is 13.5. The summed E-state index contributed by atoms with van der Waals surface area (Å²) in [6.07, 6.45) is 1.80. The van der Waals surface area contributed by atoms with Gasteiger partial charge < -0.3 is 10.6 Å². The van der Waals surface area contributed by atoms with Crippen molar-refractivity contribution in [3.8, 4) is 0 Å². The molecule has 3 nitrogen and oxygen atoms in total. The first-order chi connectivity index (χ1) is 9.11. The highest BCUT2D eigenvalue weighted by Gasteiger charge is 2.08. The summed E-state index contributed by atoms with van der Waals surface area (Å²) in [7, 11) is 0. The Labute approximate surface area is 112 Å². The summed E-state index contributed by atoms with van der Waals surface area (Å²) in [5.74, 6) is -0.231.